The Labute approximate surface area is 255 Å². The summed E-state index contributed by atoms with van der Waals surface area (Å²) >= 11 is 16.1. The molecule has 0 radical (unpaired) electrons. The minimum absolute atomic E-state index is 0.279. The fraction of sp³-hybridized carbons (Fsp3) is 0.0667. The van der Waals surface area contributed by atoms with Gasteiger partial charge in [0.25, 0.3) is 5.91 Å². The van der Waals surface area contributed by atoms with E-state index in [2.05, 4.69) is 52.3 Å². The summed E-state index contributed by atoms with van der Waals surface area (Å²) in [7, 11) is -3.95. The Morgan fingerprint density at radius 2 is 1.56 bits per heavy atom. The lowest BCUT2D eigenvalue weighted by atomic mass is 10.0. The van der Waals surface area contributed by atoms with E-state index in [-0.39, 0.29) is 6.54 Å². The molecule has 1 aliphatic rings. The second kappa shape index (κ2) is 11.0. The van der Waals surface area contributed by atoms with Gasteiger partial charge >= 0.3 is 10.2 Å². The van der Waals surface area contributed by atoms with Crippen LogP contribution in [0.3, 0.4) is 0 Å². The van der Waals surface area contributed by atoms with Gasteiger partial charge in [0.15, 0.2) is 0 Å². The van der Waals surface area contributed by atoms with Crippen LogP contribution in [0.4, 0.5) is 5.69 Å². The number of hydrogen-bond donors (Lipinski definition) is 1. The van der Waals surface area contributed by atoms with Gasteiger partial charge in [-0.1, -0.05) is 81.6 Å². The predicted octanol–water partition coefficient (Wildman–Crippen LogP) is 7.05. The summed E-state index contributed by atoms with van der Waals surface area (Å²) < 4.78 is 30.9. The summed E-state index contributed by atoms with van der Waals surface area (Å²) in [5.41, 5.74) is 5.66. The molecule has 0 atom stereocenters. The van der Waals surface area contributed by atoms with Crippen LogP contribution in [-0.4, -0.2) is 30.4 Å². The fourth-order valence-corrected chi connectivity index (χ4v) is 6.62. The van der Waals surface area contributed by atoms with Crippen LogP contribution in [0.5, 0.6) is 0 Å². The van der Waals surface area contributed by atoms with Crippen molar-refractivity contribution in [2.75, 3.05) is 10.8 Å². The van der Waals surface area contributed by atoms with E-state index in [1.807, 2.05) is 39.8 Å². The topological polar surface area (TPSA) is 84.3 Å². The molecule has 0 saturated carbocycles. The Morgan fingerprint density at radius 3 is 2.22 bits per heavy atom. The number of hydrogen-bond acceptors (Lipinski definition) is 4. The zero-order valence-electron chi connectivity index (χ0n) is 21.3. The number of carbonyl (C=O) groups excluding carboxylic acids is 1. The SMILES string of the molecule is O=C1CN(c2cccc(-n3cc(-c4ccc(Cl)cc4Cl)nc3Cc3ccc(-c4ccc(Br)cc4)cc3)c2)S(=O)(=O)N1. The molecule has 1 N–H and O–H groups in total. The molecule has 1 aromatic heterocycles. The van der Waals surface area contributed by atoms with Crippen LogP contribution >= 0.6 is 39.1 Å². The number of halogens is 3. The first kappa shape index (κ1) is 27.5. The number of nitrogens with one attached hydrogen (secondary N) is 1. The highest BCUT2D eigenvalue weighted by Gasteiger charge is 2.34. The van der Waals surface area contributed by atoms with E-state index in [1.54, 1.807) is 30.3 Å². The van der Waals surface area contributed by atoms with Crippen molar-refractivity contribution in [2.45, 2.75) is 6.42 Å². The van der Waals surface area contributed by atoms with Crippen LogP contribution < -0.4 is 9.03 Å². The Hall–Kier alpha value is -3.63. The molecule has 6 rings (SSSR count). The molecule has 0 bridgehead atoms. The smallest absolute Gasteiger partial charge is 0.303 e. The number of imidazole rings is 1. The zero-order chi connectivity index (χ0) is 28.7. The lowest BCUT2D eigenvalue weighted by Crippen LogP contribution is -2.29. The third kappa shape index (κ3) is 5.76. The molecule has 0 spiro atoms. The van der Waals surface area contributed by atoms with Gasteiger partial charge in [0.05, 0.1) is 16.4 Å². The Balaban J connectivity index is 1.39. The third-order valence-corrected chi connectivity index (χ3v) is 9.18. The van der Waals surface area contributed by atoms with E-state index in [0.29, 0.717) is 33.5 Å². The van der Waals surface area contributed by atoms with Crippen LogP contribution in [0.2, 0.25) is 10.0 Å². The minimum atomic E-state index is -3.95. The highest BCUT2D eigenvalue weighted by molar-refractivity contribution is 9.10. The van der Waals surface area contributed by atoms with Gasteiger partial charge in [-0.2, -0.15) is 8.42 Å². The molecule has 41 heavy (non-hydrogen) atoms. The lowest BCUT2D eigenvalue weighted by molar-refractivity contribution is -0.117. The van der Waals surface area contributed by atoms with Crippen molar-refractivity contribution in [3.05, 3.63) is 123 Å². The van der Waals surface area contributed by atoms with E-state index in [0.717, 1.165) is 36.9 Å². The minimum Gasteiger partial charge on any atom is -0.303 e. The van der Waals surface area contributed by atoms with Crippen LogP contribution in [0.1, 0.15) is 11.4 Å². The highest BCUT2D eigenvalue weighted by atomic mass is 79.9. The van der Waals surface area contributed by atoms with Gasteiger partial charge in [0, 0.05) is 33.4 Å². The first-order chi connectivity index (χ1) is 19.7. The number of carbonyl (C=O) groups is 1. The molecule has 5 aromatic rings. The standard InChI is InChI=1S/C30H21BrCl2N4O3S/c31-22-10-8-21(9-11-22)20-6-4-19(5-7-20)14-29-34-28(26-13-12-23(32)15-27(26)33)17-36(29)24-2-1-3-25(16-24)37-18-30(38)35-41(37,39)40/h1-13,15-17H,14,18H2,(H,35,38). The van der Waals surface area contributed by atoms with Gasteiger partial charge in [0.1, 0.15) is 12.4 Å². The summed E-state index contributed by atoms with van der Waals surface area (Å²) in [4.78, 5) is 16.8. The number of rotatable bonds is 6. The fourth-order valence-electron chi connectivity index (χ4n) is 4.71. The van der Waals surface area contributed by atoms with E-state index < -0.39 is 16.1 Å². The number of nitrogens with zero attached hydrogens (tertiary/aromatic N) is 3. The summed E-state index contributed by atoms with van der Waals surface area (Å²) in [5.74, 6) is 0.142. The van der Waals surface area contributed by atoms with Gasteiger partial charge in [0.2, 0.25) is 0 Å². The molecular formula is C30H21BrCl2N4O3S. The van der Waals surface area contributed by atoms with Crippen molar-refractivity contribution >= 4 is 60.9 Å². The van der Waals surface area contributed by atoms with Crippen LogP contribution in [-0.2, 0) is 21.4 Å². The van der Waals surface area contributed by atoms with Crippen LogP contribution in [0.15, 0.2) is 102 Å². The maximum absolute atomic E-state index is 12.5. The maximum Gasteiger partial charge on any atom is 0.326 e. The lowest BCUT2D eigenvalue weighted by Gasteiger charge is -2.16. The molecule has 2 heterocycles. The van der Waals surface area contributed by atoms with Gasteiger partial charge in [-0.15, -0.1) is 0 Å². The Bertz CT molecular complexity index is 1890. The predicted molar refractivity (Wildman–Crippen MR) is 166 cm³/mol. The van der Waals surface area contributed by atoms with E-state index >= 15 is 0 Å². The van der Waals surface area contributed by atoms with Crippen molar-refractivity contribution in [3.8, 4) is 28.1 Å². The molecule has 206 valence electrons. The highest BCUT2D eigenvalue weighted by Crippen LogP contribution is 2.32. The summed E-state index contributed by atoms with van der Waals surface area (Å²) in [5, 5.41) is 0.987. The Kier molecular flexibility index (Phi) is 7.37. The molecule has 0 unspecified atom stereocenters. The van der Waals surface area contributed by atoms with Crippen molar-refractivity contribution in [2.24, 2.45) is 0 Å². The largest absolute Gasteiger partial charge is 0.326 e. The second-order valence-electron chi connectivity index (χ2n) is 9.47. The van der Waals surface area contributed by atoms with Gasteiger partial charge in [-0.25, -0.2) is 14.0 Å². The molecule has 1 saturated heterocycles. The van der Waals surface area contributed by atoms with Crippen molar-refractivity contribution in [3.63, 3.8) is 0 Å². The molecule has 1 aliphatic heterocycles. The van der Waals surface area contributed by atoms with Crippen molar-refractivity contribution in [1.29, 1.82) is 0 Å². The van der Waals surface area contributed by atoms with Gasteiger partial charge < -0.3 is 4.57 Å². The average molecular weight is 668 g/mol. The summed E-state index contributed by atoms with van der Waals surface area (Å²) in [6, 6.07) is 28.6. The number of amides is 1. The average Bonchev–Trinajstić information content (AvgIpc) is 3.48. The molecule has 4 aromatic carbocycles. The first-order valence-corrected chi connectivity index (χ1v) is 15.5. The Morgan fingerprint density at radius 1 is 0.878 bits per heavy atom. The molecule has 1 fully saturated rings. The first-order valence-electron chi connectivity index (χ1n) is 12.5. The molecule has 0 aliphatic carbocycles. The molecule has 1 amide bonds. The van der Waals surface area contributed by atoms with E-state index in [4.69, 9.17) is 28.2 Å². The third-order valence-electron chi connectivity index (χ3n) is 6.70. The number of aromatic nitrogens is 2. The van der Waals surface area contributed by atoms with Crippen molar-refractivity contribution in [1.82, 2.24) is 14.3 Å². The summed E-state index contributed by atoms with van der Waals surface area (Å²) in [6.07, 6.45) is 2.36. The molecule has 11 heteroatoms. The molecule has 7 nitrogen and oxygen atoms in total. The van der Waals surface area contributed by atoms with Crippen LogP contribution in [0.25, 0.3) is 28.1 Å². The quantitative estimate of drug-likeness (QED) is 0.210. The number of benzene rings is 4. The normalized spacial score (nSPS) is 14.3. The van der Waals surface area contributed by atoms with E-state index in [9.17, 15) is 13.2 Å². The van der Waals surface area contributed by atoms with Gasteiger partial charge in [-0.3, -0.25) is 4.79 Å². The van der Waals surface area contributed by atoms with Crippen molar-refractivity contribution < 1.29 is 13.2 Å². The number of anilines is 1. The van der Waals surface area contributed by atoms with E-state index in [1.165, 1.54) is 0 Å². The zero-order valence-corrected chi connectivity index (χ0v) is 25.2. The van der Waals surface area contributed by atoms with Gasteiger partial charge in [-0.05, 0) is 65.2 Å². The second-order valence-corrected chi connectivity index (χ2v) is 12.8. The monoisotopic (exact) mass is 666 g/mol. The van der Waals surface area contributed by atoms with Crippen LogP contribution in [0, 0.1) is 0 Å². The summed E-state index contributed by atoms with van der Waals surface area (Å²) in [6.45, 7) is -0.279. The molecular weight excluding hydrogens is 647 g/mol. The maximum atomic E-state index is 12.5.